The van der Waals surface area contributed by atoms with Crippen LogP contribution in [0.4, 0.5) is 5.69 Å². The van der Waals surface area contributed by atoms with Gasteiger partial charge in [-0.05, 0) is 44.7 Å². The van der Waals surface area contributed by atoms with Crippen LogP contribution in [0.3, 0.4) is 0 Å². The van der Waals surface area contributed by atoms with Crippen LogP contribution in [0.5, 0.6) is 0 Å². The number of rotatable bonds is 4. The second kappa shape index (κ2) is 7.16. The first-order valence-corrected chi connectivity index (χ1v) is 9.71. The van der Waals surface area contributed by atoms with Gasteiger partial charge in [-0.1, -0.05) is 0 Å². The number of benzene rings is 1. The molecule has 28 heavy (non-hydrogen) atoms. The molecular weight excluding hydrogens is 382 g/mol. The number of nitro groups is 1. The molecular formula is C19H17N3O5S. The first-order valence-electron chi connectivity index (χ1n) is 8.89. The van der Waals surface area contributed by atoms with Crippen molar-refractivity contribution in [3.63, 3.8) is 0 Å². The number of hydrogen-bond donors (Lipinski definition) is 0. The van der Waals surface area contributed by atoms with Crippen molar-refractivity contribution in [3.05, 3.63) is 72.1 Å². The van der Waals surface area contributed by atoms with Gasteiger partial charge in [-0.2, -0.15) is 0 Å². The van der Waals surface area contributed by atoms with E-state index in [0.29, 0.717) is 16.2 Å². The monoisotopic (exact) mass is 399 g/mol. The van der Waals surface area contributed by atoms with Crippen LogP contribution in [-0.4, -0.2) is 20.3 Å². The number of nitrogens with zero attached hydrogens (tertiary/aromatic N) is 3. The zero-order chi connectivity index (χ0) is 19.8. The molecule has 4 rings (SSSR count). The maximum atomic E-state index is 12.5. The van der Waals surface area contributed by atoms with Crippen LogP contribution >= 0.6 is 11.3 Å². The molecule has 0 saturated carbocycles. The van der Waals surface area contributed by atoms with Crippen molar-refractivity contribution in [3.8, 4) is 0 Å². The topological polar surface area (TPSA) is 104 Å². The first kappa shape index (κ1) is 18.3. The van der Waals surface area contributed by atoms with E-state index in [9.17, 15) is 19.7 Å². The second-order valence-corrected chi connectivity index (χ2v) is 7.78. The van der Waals surface area contributed by atoms with Crippen LogP contribution in [0, 0.1) is 17.0 Å². The third-order valence-electron chi connectivity index (χ3n) is 4.80. The zero-order valence-corrected chi connectivity index (χ0v) is 16.0. The Morgan fingerprint density at radius 3 is 2.86 bits per heavy atom. The standard InChI is InChI=1S/C19H17N3O5S/c1-11-8-12(6-7-14(11)22(25)26)18(24)27-10-13-9-17(23)21-15-4-2-3-5-16(15)28-19(21)20-13/h6-9H,2-5,10H2,1H3. The molecule has 9 heteroatoms. The molecule has 144 valence electrons. The molecule has 0 saturated heterocycles. The molecule has 0 amide bonds. The molecule has 2 heterocycles. The molecule has 3 aromatic rings. The molecule has 0 radical (unpaired) electrons. The molecule has 0 N–H and O–H groups in total. The van der Waals surface area contributed by atoms with Gasteiger partial charge in [0.2, 0.25) is 0 Å². The van der Waals surface area contributed by atoms with Gasteiger partial charge >= 0.3 is 5.97 Å². The SMILES string of the molecule is Cc1cc(C(=O)OCc2cc(=O)n3c4c(sc3n2)CCCC4)ccc1[N+](=O)[O-]. The lowest BCUT2D eigenvalue weighted by atomic mass is 10.0. The lowest BCUT2D eigenvalue weighted by molar-refractivity contribution is -0.385. The van der Waals surface area contributed by atoms with Crippen molar-refractivity contribution < 1.29 is 14.5 Å². The van der Waals surface area contributed by atoms with E-state index in [-0.39, 0.29) is 23.4 Å². The molecule has 1 aliphatic rings. The summed E-state index contributed by atoms with van der Waals surface area (Å²) in [4.78, 5) is 41.4. The summed E-state index contributed by atoms with van der Waals surface area (Å²) in [6.45, 7) is 1.42. The van der Waals surface area contributed by atoms with E-state index in [2.05, 4.69) is 4.98 Å². The van der Waals surface area contributed by atoms with Crippen molar-refractivity contribution in [1.82, 2.24) is 9.38 Å². The van der Waals surface area contributed by atoms with Gasteiger partial charge in [-0.25, -0.2) is 9.78 Å². The summed E-state index contributed by atoms with van der Waals surface area (Å²) >= 11 is 1.51. The van der Waals surface area contributed by atoms with E-state index in [1.54, 1.807) is 11.3 Å². The molecule has 1 aromatic carbocycles. The Labute approximate surface area is 163 Å². The van der Waals surface area contributed by atoms with Gasteiger partial charge in [0.15, 0.2) is 4.96 Å². The minimum absolute atomic E-state index is 0.0571. The summed E-state index contributed by atoms with van der Waals surface area (Å²) in [6, 6.07) is 5.44. The number of aromatic nitrogens is 2. The Balaban J connectivity index is 1.54. The van der Waals surface area contributed by atoms with Crippen molar-refractivity contribution in [2.24, 2.45) is 0 Å². The maximum absolute atomic E-state index is 12.5. The van der Waals surface area contributed by atoms with Crippen molar-refractivity contribution in [2.75, 3.05) is 0 Å². The average Bonchev–Trinajstić information content (AvgIpc) is 3.04. The van der Waals surface area contributed by atoms with Gasteiger partial charge < -0.3 is 4.74 Å². The first-order chi connectivity index (χ1) is 13.4. The minimum Gasteiger partial charge on any atom is -0.456 e. The fraction of sp³-hybridized carbons (Fsp3) is 0.316. The molecule has 2 aromatic heterocycles. The highest BCUT2D eigenvalue weighted by molar-refractivity contribution is 7.17. The zero-order valence-electron chi connectivity index (χ0n) is 15.1. The van der Waals surface area contributed by atoms with E-state index in [1.807, 2.05) is 0 Å². The number of ether oxygens (including phenoxy) is 1. The van der Waals surface area contributed by atoms with Gasteiger partial charge in [0.05, 0.1) is 16.2 Å². The Hall–Kier alpha value is -3.07. The van der Waals surface area contributed by atoms with Gasteiger partial charge in [0, 0.05) is 28.3 Å². The van der Waals surface area contributed by atoms with E-state index in [1.165, 1.54) is 40.5 Å². The fourth-order valence-electron chi connectivity index (χ4n) is 3.43. The summed E-state index contributed by atoms with van der Waals surface area (Å²) in [7, 11) is 0. The Bertz CT molecular complexity index is 1160. The number of thiazole rings is 1. The Morgan fingerprint density at radius 1 is 1.32 bits per heavy atom. The smallest absolute Gasteiger partial charge is 0.338 e. The molecule has 0 atom stereocenters. The second-order valence-electron chi connectivity index (χ2n) is 6.72. The average molecular weight is 399 g/mol. The number of aryl methyl sites for hydroxylation is 3. The van der Waals surface area contributed by atoms with Crippen LogP contribution in [0.15, 0.2) is 29.1 Å². The van der Waals surface area contributed by atoms with Crippen LogP contribution in [-0.2, 0) is 24.2 Å². The summed E-state index contributed by atoms with van der Waals surface area (Å²) in [6.07, 6.45) is 4.03. The Morgan fingerprint density at radius 2 is 2.11 bits per heavy atom. The van der Waals surface area contributed by atoms with Gasteiger partial charge in [0.1, 0.15) is 6.61 Å². The van der Waals surface area contributed by atoms with Gasteiger partial charge in [-0.15, -0.1) is 11.3 Å². The quantitative estimate of drug-likeness (QED) is 0.379. The highest BCUT2D eigenvalue weighted by atomic mass is 32.1. The fourth-order valence-corrected chi connectivity index (χ4v) is 4.66. The number of hydrogen-bond acceptors (Lipinski definition) is 7. The summed E-state index contributed by atoms with van der Waals surface area (Å²) in [5.74, 6) is -0.620. The molecule has 0 aliphatic heterocycles. The highest BCUT2D eigenvalue weighted by Gasteiger charge is 2.19. The van der Waals surface area contributed by atoms with E-state index >= 15 is 0 Å². The molecule has 8 nitrogen and oxygen atoms in total. The summed E-state index contributed by atoms with van der Waals surface area (Å²) in [5.41, 5.74) is 1.80. The van der Waals surface area contributed by atoms with Crippen LogP contribution in [0.1, 0.15) is 45.0 Å². The van der Waals surface area contributed by atoms with Crippen LogP contribution in [0.25, 0.3) is 4.96 Å². The molecule has 0 bridgehead atoms. The third-order valence-corrected chi connectivity index (χ3v) is 5.94. The largest absolute Gasteiger partial charge is 0.456 e. The van der Waals surface area contributed by atoms with E-state index in [0.717, 1.165) is 31.4 Å². The number of esters is 1. The number of carbonyl (C=O) groups is 1. The number of carbonyl (C=O) groups excluding carboxylic acids is 1. The lowest BCUT2D eigenvalue weighted by Crippen LogP contribution is -2.18. The summed E-state index contributed by atoms with van der Waals surface area (Å²) in [5, 5.41) is 10.9. The maximum Gasteiger partial charge on any atom is 0.338 e. The normalized spacial score (nSPS) is 13.3. The number of fused-ring (bicyclic) bond motifs is 3. The lowest BCUT2D eigenvalue weighted by Gasteiger charge is -2.10. The van der Waals surface area contributed by atoms with E-state index < -0.39 is 10.9 Å². The van der Waals surface area contributed by atoms with Crippen molar-refractivity contribution >= 4 is 28.0 Å². The minimum atomic E-state index is -0.620. The highest BCUT2D eigenvalue weighted by Crippen LogP contribution is 2.28. The van der Waals surface area contributed by atoms with E-state index in [4.69, 9.17) is 4.74 Å². The molecule has 0 unspecified atom stereocenters. The number of nitro benzene ring substituents is 1. The molecule has 1 aliphatic carbocycles. The predicted molar refractivity (Wildman–Crippen MR) is 103 cm³/mol. The summed E-state index contributed by atoms with van der Waals surface area (Å²) < 4.78 is 6.92. The molecule has 0 fully saturated rings. The van der Waals surface area contributed by atoms with Crippen molar-refractivity contribution in [2.45, 2.75) is 39.2 Å². The van der Waals surface area contributed by atoms with Crippen molar-refractivity contribution in [1.29, 1.82) is 0 Å². The Kier molecular flexibility index (Phi) is 4.68. The van der Waals surface area contributed by atoms with Crippen LogP contribution in [0.2, 0.25) is 0 Å². The van der Waals surface area contributed by atoms with Crippen LogP contribution < -0.4 is 5.56 Å². The third kappa shape index (κ3) is 3.29. The van der Waals surface area contributed by atoms with Gasteiger partial charge in [-0.3, -0.25) is 19.3 Å². The van der Waals surface area contributed by atoms with Gasteiger partial charge in [0.25, 0.3) is 11.2 Å². The predicted octanol–water partition coefficient (Wildman–Crippen LogP) is 3.21. The molecule has 0 spiro atoms.